The molecule has 7 heteroatoms. The lowest BCUT2D eigenvalue weighted by atomic mass is 10.3. The first kappa shape index (κ1) is 12.9. The van der Waals surface area contributed by atoms with E-state index in [-0.39, 0.29) is 17.7 Å². The van der Waals surface area contributed by atoms with Crippen molar-refractivity contribution in [3.63, 3.8) is 0 Å². The van der Waals surface area contributed by atoms with Crippen LogP contribution in [0.5, 0.6) is 5.75 Å². The molecule has 4 N–H and O–H groups in total. The molecule has 19 heavy (non-hydrogen) atoms. The molecule has 2 aromatic rings. The van der Waals surface area contributed by atoms with Crippen molar-refractivity contribution >= 4 is 11.9 Å². The van der Waals surface area contributed by atoms with Gasteiger partial charge in [-0.15, -0.1) is 5.10 Å². The third kappa shape index (κ3) is 3.98. The maximum absolute atomic E-state index is 11.5. The molecule has 0 atom stereocenters. The van der Waals surface area contributed by atoms with Crippen LogP contribution in [0.15, 0.2) is 30.3 Å². The van der Waals surface area contributed by atoms with Crippen molar-refractivity contribution in [1.29, 1.82) is 0 Å². The second-order valence-electron chi connectivity index (χ2n) is 3.81. The predicted molar refractivity (Wildman–Crippen MR) is 69.7 cm³/mol. The van der Waals surface area contributed by atoms with Crippen LogP contribution in [-0.4, -0.2) is 34.2 Å². The van der Waals surface area contributed by atoms with Gasteiger partial charge in [0.2, 0.25) is 11.8 Å². The summed E-state index contributed by atoms with van der Waals surface area (Å²) in [4.78, 5) is 15.3. The van der Waals surface area contributed by atoms with E-state index in [9.17, 15) is 4.79 Å². The number of benzene rings is 1. The van der Waals surface area contributed by atoms with Crippen molar-refractivity contribution in [2.75, 3.05) is 18.9 Å². The number of amides is 1. The molecule has 0 aliphatic rings. The minimum atomic E-state index is -0.330. The number of hydrogen-bond acceptors (Lipinski definition) is 5. The Morgan fingerprint density at radius 2 is 2.16 bits per heavy atom. The van der Waals surface area contributed by atoms with E-state index in [0.717, 1.165) is 5.75 Å². The zero-order valence-electron chi connectivity index (χ0n) is 10.3. The number of nitrogen functional groups attached to an aromatic ring is 1. The molecule has 0 bridgehead atoms. The Hall–Kier alpha value is -2.57. The molecule has 1 aromatic heterocycles. The maximum atomic E-state index is 11.5. The van der Waals surface area contributed by atoms with Crippen molar-refractivity contribution in [3.05, 3.63) is 36.2 Å². The molecule has 0 aliphatic heterocycles. The minimum absolute atomic E-state index is 0.0533. The topological polar surface area (TPSA) is 106 Å². The van der Waals surface area contributed by atoms with Crippen LogP contribution in [-0.2, 0) is 0 Å². The third-order valence-electron chi connectivity index (χ3n) is 2.34. The van der Waals surface area contributed by atoms with Gasteiger partial charge < -0.3 is 15.8 Å². The van der Waals surface area contributed by atoms with E-state index in [1.54, 1.807) is 0 Å². The number of ether oxygens (including phenoxy) is 1. The minimum Gasteiger partial charge on any atom is -0.494 e. The lowest BCUT2D eigenvalue weighted by Gasteiger charge is -2.06. The normalized spacial score (nSPS) is 10.1. The first-order chi connectivity index (χ1) is 9.25. The van der Waals surface area contributed by atoms with Gasteiger partial charge in [-0.1, -0.05) is 18.2 Å². The number of nitrogens with two attached hydrogens (primary N) is 1. The molecule has 2 rings (SSSR count). The molecular formula is C12H15N5O2. The zero-order valence-corrected chi connectivity index (χ0v) is 10.3. The predicted octanol–water partition coefficient (Wildman–Crippen LogP) is 0.586. The van der Waals surface area contributed by atoms with E-state index in [2.05, 4.69) is 20.5 Å². The van der Waals surface area contributed by atoms with Gasteiger partial charge >= 0.3 is 0 Å². The highest BCUT2D eigenvalue weighted by Crippen LogP contribution is 2.08. The SMILES string of the molecule is Nc1n[nH]c(C(=O)NCCCOc2ccccc2)n1. The lowest BCUT2D eigenvalue weighted by Crippen LogP contribution is -2.26. The van der Waals surface area contributed by atoms with E-state index < -0.39 is 0 Å². The fourth-order valence-electron chi connectivity index (χ4n) is 1.44. The Kier molecular flexibility index (Phi) is 4.33. The number of anilines is 1. The largest absolute Gasteiger partial charge is 0.494 e. The number of carbonyl (C=O) groups is 1. The highest BCUT2D eigenvalue weighted by molar-refractivity contribution is 5.90. The molecule has 1 amide bonds. The van der Waals surface area contributed by atoms with E-state index in [1.165, 1.54) is 0 Å². The van der Waals surface area contributed by atoms with Gasteiger partial charge in [0.1, 0.15) is 5.75 Å². The van der Waals surface area contributed by atoms with Crippen LogP contribution in [0.25, 0.3) is 0 Å². The molecule has 0 fully saturated rings. The number of rotatable bonds is 6. The first-order valence-electron chi connectivity index (χ1n) is 5.89. The maximum Gasteiger partial charge on any atom is 0.288 e. The molecule has 0 radical (unpaired) electrons. The quantitative estimate of drug-likeness (QED) is 0.660. The van der Waals surface area contributed by atoms with Crippen LogP contribution in [0.4, 0.5) is 5.95 Å². The van der Waals surface area contributed by atoms with Gasteiger partial charge in [-0.25, -0.2) is 0 Å². The number of nitrogens with zero attached hydrogens (tertiary/aromatic N) is 2. The number of aromatic nitrogens is 3. The Balaban J connectivity index is 1.63. The monoisotopic (exact) mass is 261 g/mol. The van der Waals surface area contributed by atoms with E-state index in [4.69, 9.17) is 10.5 Å². The molecule has 1 heterocycles. The lowest BCUT2D eigenvalue weighted by molar-refractivity contribution is 0.0941. The molecular weight excluding hydrogens is 246 g/mol. The fraction of sp³-hybridized carbons (Fsp3) is 0.250. The Labute approximate surface area is 110 Å². The summed E-state index contributed by atoms with van der Waals surface area (Å²) in [6.45, 7) is 1.02. The smallest absolute Gasteiger partial charge is 0.288 e. The van der Waals surface area contributed by atoms with Crippen molar-refractivity contribution in [2.24, 2.45) is 0 Å². The molecule has 0 saturated heterocycles. The summed E-state index contributed by atoms with van der Waals surface area (Å²) in [6, 6.07) is 9.51. The Morgan fingerprint density at radius 1 is 1.37 bits per heavy atom. The molecule has 100 valence electrons. The number of hydrogen-bond donors (Lipinski definition) is 3. The number of aromatic amines is 1. The van der Waals surface area contributed by atoms with Gasteiger partial charge in [-0.05, 0) is 18.6 Å². The molecule has 0 aliphatic carbocycles. The number of H-pyrrole nitrogens is 1. The van der Waals surface area contributed by atoms with Gasteiger partial charge in [0.15, 0.2) is 0 Å². The third-order valence-corrected chi connectivity index (χ3v) is 2.34. The van der Waals surface area contributed by atoms with Crippen LogP contribution in [0.1, 0.15) is 17.0 Å². The molecule has 0 unspecified atom stereocenters. The summed E-state index contributed by atoms with van der Waals surface area (Å²) >= 11 is 0. The molecule has 0 saturated carbocycles. The zero-order chi connectivity index (χ0) is 13.5. The first-order valence-corrected chi connectivity index (χ1v) is 5.89. The fourth-order valence-corrected chi connectivity index (χ4v) is 1.44. The summed E-state index contributed by atoms with van der Waals surface area (Å²) < 4.78 is 5.49. The average Bonchev–Trinajstić information content (AvgIpc) is 2.86. The second kappa shape index (κ2) is 6.39. The van der Waals surface area contributed by atoms with Crippen molar-refractivity contribution in [1.82, 2.24) is 20.5 Å². The van der Waals surface area contributed by atoms with E-state index in [1.807, 2.05) is 30.3 Å². The second-order valence-corrected chi connectivity index (χ2v) is 3.81. The molecule has 0 spiro atoms. The van der Waals surface area contributed by atoms with Gasteiger partial charge in [-0.2, -0.15) is 4.98 Å². The number of carbonyl (C=O) groups excluding carboxylic acids is 1. The van der Waals surface area contributed by atoms with E-state index >= 15 is 0 Å². The van der Waals surface area contributed by atoms with Gasteiger partial charge in [-0.3, -0.25) is 9.89 Å². The van der Waals surface area contributed by atoms with Crippen LogP contribution in [0.3, 0.4) is 0 Å². The summed E-state index contributed by atoms with van der Waals surface area (Å²) in [5.74, 6) is 0.653. The van der Waals surface area contributed by atoms with Crippen molar-refractivity contribution in [3.8, 4) is 5.75 Å². The number of para-hydroxylation sites is 1. The van der Waals surface area contributed by atoms with Crippen LogP contribution >= 0.6 is 0 Å². The molecule has 1 aromatic carbocycles. The van der Waals surface area contributed by atoms with Gasteiger partial charge in [0, 0.05) is 6.54 Å². The summed E-state index contributed by atoms with van der Waals surface area (Å²) in [5, 5.41) is 8.71. The number of nitrogens with one attached hydrogen (secondary N) is 2. The standard InChI is InChI=1S/C12H15N5O2/c13-12-15-10(16-17-12)11(18)14-7-4-8-19-9-5-2-1-3-6-9/h1-3,5-6H,4,7-8H2,(H,14,18)(H3,13,15,16,17). The van der Waals surface area contributed by atoms with Crippen LogP contribution in [0.2, 0.25) is 0 Å². The summed E-state index contributed by atoms with van der Waals surface area (Å²) in [7, 11) is 0. The van der Waals surface area contributed by atoms with Crippen molar-refractivity contribution < 1.29 is 9.53 Å². The van der Waals surface area contributed by atoms with Gasteiger partial charge in [0.05, 0.1) is 6.61 Å². The van der Waals surface area contributed by atoms with Crippen molar-refractivity contribution in [2.45, 2.75) is 6.42 Å². The van der Waals surface area contributed by atoms with E-state index in [0.29, 0.717) is 19.6 Å². The van der Waals surface area contributed by atoms with Gasteiger partial charge in [0.25, 0.3) is 5.91 Å². The summed E-state index contributed by atoms with van der Waals surface area (Å²) in [5.41, 5.74) is 5.30. The van der Waals surface area contributed by atoms with Crippen LogP contribution < -0.4 is 15.8 Å². The van der Waals surface area contributed by atoms with Crippen LogP contribution in [0, 0.1) is 0 Å². The Bertz CT molecular complexity index is 526. The summed E-state index contributed by atoms with van der Waals surface area (Å²) in [6.07, 6.45) is 0.699. The highest BCUT2D eigenvalue weighted by atomic mass is 16.5. The Morgan fingerprint density at radius 3 is 2.84 bits per heavy atom. The average molecular weight is 261 g/mol. The molecule has 7 nitrogen and oxygen atoms in total. The highest BCUT2D eigenvalue weighted by Gasteiger charge is 2.09.